The Bertz CT molecular complexity index is 141. The second-order valence-corrected chi connectivity index (χ2v) is 2.10. The summed E-state index contributed by atoms with van der Waals surface area (Å²) < 4.78 is 0. The quantitative estimate of drug-likeness (QED) is 0.520. The van der Waals surface area contributed by atoms with Crippen LogP contribution in [-0.2, 0) is 0 Å². The van der Waals surface area contributed by atoms with Crippen LogP contribution < -0.4 is 0 Å². The first kappa shape index (κ1) is 4.94. The molecule has 35 valence electrons. The van der Waals surface area contributed by atoms with Crippen LogP contribution in [0.3, 0.4) is 0 Å². The zero-order valence-electron chi connectivity index (χ0n) is 3.55. The summed E-state index contributed by atoms with van der Waals surface area (Å²) in [7, 11) is 0. The van der Waals surface area contributed by atoms with Gasteiger partial charge in [-0.2, -0.15) is 11.3 Å². The molecule has 0 fully saturated rings. The Kier molecular flexibility index (Phi) is 1.54. The van der Waals surface area contributed by atoms with E-state index in [4.69, 9.17) is 0 Å². The highest BCUT2D eigenvalue weighted by Crippen LogP contribution is 2.01. The summed E-state index contributed by atoms with van der Waals surface area (Å²) >= 11 is 6.16. The molecule has 0 nitrogen and oxygen atoms in total. The molecule has 1 aromatic rings. The first-order chi connectivity index (χ1) is 3.43. The smallest absolute Gasteiger partial charge is 0.0644 e. The van der Waals surface area contributed by atoms with E-state index < -0.39 is 0 Å². The van der Waals surface area contributed by atoms with Gasteiger partial charge in [0.1, 0.15) is 0 Å². The third-order valence-electron chi connectivity index (χ3n) is 0.639. The SMILES string of the molecule is S=[C]c1ccsc1. The van der Waals surface area contributed by atoms with E-state index in [9.17, 15) is 0 Å². The largest absolute Gasteiger partial charge is 0.152 e. The van der Waals surface area contributed by atoms with E-state index in [1.165, 1.54) is 0 Å². The van der Waals surface area contributed by atoms with E-state index in [1.54, 1.807) is 11.3 Å². The van der Waals surface area contributed by atoms with Gasteiger partial charge >= 0.3 is 0 Å². The summed E-state index contributed by atoms with van der Waals surface area (Å²) in [4.78, 5) is 0. The molecule has 7 heavy (non-hydrogen) atoms. The van der Waals surface area contributed by atoms with Gasteiger partial charge in [-0.25, -0.2) is 0 Å². The lowest BCUT2D eigenvalue weighted by molar-refractivity contribution is 1.96. The van der Waals surface area contributed by atoms with Crippen LogP contribution in [0.5, 0.6) is 0 Å². The molecule has 0 saturated carbocycles. The number of thiophene rings is 1. The maximum Gasteiger partial charge on any atom is 0.0644 e. The zero-order valence-corrected chi connectivity index (χ0v) is 5.18. The van der Waals surface area contributed by atoms with Crippen LogP contribution in [-0.4, -0.2) is 5.37 Å². The summed E-state index contributed by atoms with van der Waals surface area (Å²) in [6.07, 6.45) is 0. The summed E-state index contributed by atoms with van der Waals surface area (Å²) in [5.74, 6) is 0. The van der Waals surface area contributed by atoms with Crippen LogP contribution in [0.15, 0.2) is 16.8 Å². The molecule has 2 heteroatoms. The topological polar surface area (TPSA) is 0 Å². The number of hydrogen-bond acceptors (Lipinski definition) is 2. The van der Waals surface area contributed by atoms with Crippen LogP contribution in [0.4, 0.5) is 0 Å². The number of hydrogen-bond donors (Lipinski definition) is 0. The van der Waals surface area contributed by atoms with Crippen LogP contribution in [0.2, 0.25) is 0 Å². The molecule has 0 unspecified atom stereocenters. The van der Waals surface area contributed by atoms with E-state index >= 15 is 0 Å². The maximum absolute atomic E-state index is 4.53. The van der Waals surface area contributed by atoms with Crippen LogP contribution >= 0.6 is 23.6 Å². The summed E-state index contributed by atoms with van der Waals surface area (Å²) in [6.45, 7) is 0. The molecule has 0 N–H and O–H groups in total. The highest BCUT2D eigenvalue weighted by atomic mass is 32.1. The van der Waals surface area contributed by atoms with E-state index in [-0.39, 0.29) is 0 Å². The lowest BCUT2D eigenvalue weighted by atomic mass is 10.4. The normalized spacial score (nSPS) is 8.57. The van der Waals surface area contributed by atoms with E-state index in [2.05, 4.69) is 17.6 Å². The van der Waals surface area contributed by atoms with Gasteiger partial charge in [0.15, 0.2) is 0 Å². The summed E-state index contributed by atoms with van der Waals surface area (Å²) in [5, 5.41) is 6.55. The lowest BCUT2D eigenvalue weighted by Crippen LogP contribution is -1.62. The van der Waals surface area contributed by atoms with Gasteiger partial charge in [-0.15, -0.1) is 0 Å². The average molecular weight is 127 g/mol. The summed E-state index contributed by atoms with van der Waals surface area (Å²) in [6, 6.07) is 1.94. The van der Waals surface area contributed by atoms with Crippen molar-refractivity contribution in [3.63, 3.8) is 0 Å². The van der Waals surface area contributed by atoms with Crippen molar-refractivity contribution in [2.24, 2.45) is 0 Å². The van der Waals surface area contributed by atoms with Crippen molar-refractivity contribution < 1.29 is 0 Å². The molecule has 1 aromatic heterocycles. The number of thiocarbonyl (C=S) groups is 1. The second kappa shape index (κ2) is 2.19. The Morgan fingerprint density at radius 2 is 2.57 bits per heavy atom. The highest BCUT2D eigenvalue weighted by molar-refractivity contribution is 7.79. The predicted molar refractivity (Wildman–Crippen MR) is 36.0 cm³/mol. The second-order valence-electron chi connectivity index (χ2n) is 1.11. The fraction of sp³-hybridized carbons (Fsp3) is 0. The fourth-order valence-corrected chi connectivity index (χ4v) is 1.11. The van der Waals surface area contributed by atoms with Gasteiger partial charge in [0.2, 0.25) is 0 Å². The standard InChI is InChI=1S/C5H3S2/c6-3-5-1-2-7-4-5/h1-2,4H. The molecule has 0 spiro atoms. The van der Waals surface area contributed by atoms with Crippen LogP contribution in [0.1, 0.15) is 5.56 Å². The Hall–Kier alpha value is -0.210. The van der Waals surface area contributed by atoms with Gasteiger partial charge in [-0.05, 0) is 16.8 Å². The first-order valence-electron chi connectivity index (χ1n) is 1.84. The minimum atomic E-state index is 1.01. The van der Waals surface area contributed by atoms with E-state index in [0.29, 0.717) is 0 Å². The molecule has 0 saturated heterocycles. The molecule has 0 aliphatic heterocycles. The van der Waals surface area contributed by atoms with E-state index in [1.807, 2.05) is 16.8 Å². The van der Waals surface area contributed by atoms with Gasteiger partial charge in [-0.1, -0.05) is 12.2 Å². The molecular formula is C5H3S2. The molecule has 0 amide bonds. The minimum absolute atomic E-state index is 1.01. The third kappa shape index (κ3) is 1.08. The van der Waals surface area contributed by atoms with Crippen molar-refractivity contribution in [3.05, 3.63) is 22.4 Å². The predicted octanol–water partition coefficient (Wildman–Crippen LogP) is 1.97. The Morgan fingerprint density at radius 3 is 2.86 bits per heavy atom. The molecule has 0 bridgehead atoms. The molecule has 0 aliphatic carbocycles. The Morgan fingerprint density at radius 1 is 1.71 bits per heavy atom. The van der Waals surface area contributed by atoms with Gasteiger partial charge < -0.3 is 0 Å². The van der Waals surface area contributed by atoms with Crippen LogP contribution in [0, 0.1) is 0 Å². The molecule has 0 aromatic carbocycles. The third-order valence-corrected chi connectivity index (χ3v) is 1.56. The first-order valence-corrected chi connectivity index (χ1v) is 3.19. The maximum atomic E-state index is 4.53. The molecule has 1 radical (unpaired) electrons. The van der Waals surface area contributed by atoms with Gasteiger partial charge in [-0.3, -0.25) is 0 Å². The number of rotatable bonds is 1. The molecule has 1 heterocycles. The van der Waals surface area contributed by atoms with Gasteiger partial charge in [0.05, 0.1) is 5.37 Å². The van der Waals surface area contributed by atoms with Crippen molar-refractivity contribution in [1.82, 2.24) is 0 Å². The Balaban J connectivity index is 2.96. The molecular weight excluding hydrogens is 124 g/mol. The van der Waals surface area contributed by atoms with Crippen molar-refractivity contribution in [2.75, 3.05) is 0 Å². The monoisotopic (exact) mass is 127 g/mol. The van der Waals surface area contributed by atoms with Crippen molar-refractivity contribution in [1.29, 1.82) is 0 Å². The zero-order chi connectivity index (χ0) is 5.11. The highest BCUT2D eigenvalue weighted by Gasteiger charge is 1.80. The minimum Gasteiger partial charge on any atom is -0.152 e. The van der Waals surface area contributed by atoms with Crippen molar-refractivity contribution in [3.8, 4) is 0 Å². The van der Waals surface area contributed by atoms with Crippen molar-refractivity contribution >= 4 is 28.9 Å². The fourth-order valence-electron chi connectivity index (χ4n) is 0.323. The van der Waals surface area contributed by atoms with E-state index in [0.717, 1.165) is 5.56 Å². The van der Waals surface area contributed by atoms with Crippen LogP contribution in [0.25, 0.3) is 0 Å². The molecule has 0 atom stereocenters. The molecule has 0 aliphatic rings. The van der Waals surface area contributed by atoms with Crippen molar-refractivity contribution in [2.45, 2.75) is 0 Å². The van der Waals surface area contributed by atoms with Gasteiger partial charge in [0, 0.05) is 5.56 Å². The average Bonchev–Trinajstić information content (AvgIpc) is 2.14. The lowest BCUT2D eigenvalue weighted by Gasteiger charge is -1.67. The summed E-state index contributed by atoms with van der Waals surface area (Å²) in [5.41, 5.74) is 1.01. The molecule has 1 rings (SSSR count). The van der Waals surface area contributed by atoms with Gasteiger partial charge in [0.25, 0.3) is 0 Å². The Labute approximate surface area is 51.8 Å².